The van der Waals surface area contributed by atoms with Crippen molar-refractivity contribution in [2.45, 2.75) is 22.6 Å². The molecule has 2 saturated carbocycles. The molecule has 1 N–H and O–H groups in total. The minimum absolute atomic E-state index is 0.00699. The van der Waals surface area contributed by atoms with E-state index in [0.29, 0.717) is 5.69 Å². The van der Waals surface area contributed by atoms with Crippen LogP contribution in [0.15, 0.2) is 56.9 Å². The monoisotopic (exact) mass is 495 g/mol. The Morgan fingerprint density at radius 1 is 1.06 bits per heavy atom. The van der Waals surface area contributed by atoms with Gasteiger partial charge in [-0.2, -0.15) is 0 Å². The number of aromatic nitrogens is 1. The maximum absolute atomic E-state index is 13.6. The highest BCUT2D eigenvalue weighted by Gasteiger charge is 2.70. The predicted octanol–water partition coefficient (Wildman–Crippen LogP) is 3.62. The molecule has 9 nitrogen and oxygen atoms in total. The van der Waals surface area contributed by atoms with Crippen molar-refractivity contribution in [3.8, 4) is 0 Å². The number of hydrogen-bond acceptors (Lipinski definition) is 8. The Balaban J connectivity index is 1.29. The van der Waals surface area contributed by atoms with E-state index < -0.39 is 16.8 Å². The van der Waals surface area contributed by atoms with Crippen molar-refractivity contribution in [1.82, 2.24) is 4.98 Å². The van der Waals surface area contributed by atoms with Crippen LogP contribution in [0.3, 0.4) is 0 Å². The molecule has 7 rings (SSSR count). The van der Waals surface area contributed by atoms with Crippen molar-refractivity contribution in [3.63, 3.8) is 0 Å². The van der Waals surface area contributed by atoms with Gasteiger partial charge in [-0.15, -0.1) is 11.8 Å². The molecule has 3 fully saturated rings. The predicted molar refractivity (Wildman–Crippen MR) is 123 cm³/mol. The summed E-state index contributed by atoms with van der Waals surface area (Å²) >= 11 is 2.81. The minimum Gasteiger partial charge on any atom is -0.469 e. The lowest BCUT2D eigenvalue weighted by molar-refractivity contribution is -0.384. The average molecular weight is 496 g/mol. The van der Waals surface area contributed by atoms with Gasteiger partial charge in [-0.05, 0) is 48.4 Å². The molecule has 1 aromatic carbocycles. The highest BCUT2D eigenvalue weighted by molar-refractivity contribution is 8.00. The number of carbonyl (C=O) groups is 2. The summed E-state index contributed by atoms with van der Waals surface area (Å²) in [4.78, 5) is 54.8. The first-order chi connectivity index (χ1) is 16.4. The first-order valence-corrected chi connectivity index (χ1v) is 12.7. The standard InChI is InChI=1S/C23H17N3O6S2/c27-21-15-11-8-12(16(15)22(28)25(21)9-3-5-10(6-4-9)26(30)31)18-14(11)17(13-2-1-7-32-13)19-20(33-18)24-23(29)34-19/h1-7,11-12,14-18H,8H2,(H,24,29)/t11?,12?,14?,15?,16?,17-,18?/m1/s1. The number of nitrogens with one attached hydrogen (secondary N) is 1. The molecule has 0 spiro atoms. The zero-order valence-electron chi connectivity index (χ0n) is 17.5. The summed E-state index contributed by atoms with van der Waals surface area (Å²) in [6.45, 7) is 0. The van der Waals surface area contributed by atoms with Gasteiger partial charge in [0.25, 0.3) is 5.69 Å². The van der Waals surface area contributed by atoms with Gasteiger partial charge in [-0.25, -0.2) is 0 Å². The summed E-state index contributed by atoms with van der Waals surface area (Å²) in [6.07, 6.45) is 2.41. The zero-order chi connectivity index (χ0) is 23.3. The smallest absolute Gasteiger partial charge is 0.305 e. The highest BCUT2D eigenvalue weighted by atomic mass is 32.2. The van der Waals surface area contributed by atoms with Crippen LogP contribution in [-0.4, -0.2) is 27.0 Å². The summed E-state index contributed by atoms with van der Waals surface area (Å²) in [5.74, 6) is -0.566. The Morgan fingerprint density at radius 3 is 2.47 bits per heavy atom. The number of imide groups is 1. The normalized spacial score (nSPS) is 33.2. The van der Waals surface area contributed by atoms with E-state index in [9.17, 15) is 24.5 Å². The van der Waals surface area contributed by atoms with E-state index >= 15 is 0 Å². The van der Waals surface area contributed by atoms with Crippen molar-refractivity contribution in [2.75, 3.05) is 4.90 Å². The number of aromatic amines is 1. The first-order valence-electron chi connectivity index (χ1n) is 11.0. The molecule has 3 aromatic rings. The average Bonchev–Trinajstić information content (AvgIpc) is 3.61. The maximum atomic E-state index is 13.6. The third-order valence-electron chi connectivity index (χ3n) is 7.89. The first kappa shape index (κ1) is 20.2. The number of rotatable bonds is 3. The molecular weight excluding hydrogens is 478 g/mol. The molecule has 172 valence electrons. The molecule has 7 atom stereocenters. The SMILES string of the molecule is O=C1C2C3CC(C2C(=O)N1c1ccc([N+](=O)[O-])cc1)C1C3Sc2[nH]c(=O)sc2[C@@H]1c1ccco1. The summed E-state index contributed by atoms with van der Waals surface area (Å²) in [6, 6.07) is 9.31. The molecule has 1 saturated heterocycles. The molecule has 2 aromatic heterocycles. The second-order valence-corrected chi connectivity index (χ2v) is 11.5. The molecule has 4 aliphatic rings. The van der Waals surface area contributed by atoms with Crippen LogP contribution in [0, 0.1) is 39.7 Å². The van der Waals surface area contributed by atoms with Crippen LogP contribution in [0.1, 0.15) is 23.0 Å². The van der Waals surface area contributed by atoms with Gasteiger partial charge in [-0.1, -0.05) is 11.3 Å². The van der Waals surface area contributed by atoms with Crippen molar-refractivity contribution < 1.29 is 18.9 Å². The van der Waals surface area contributed by atoms with Gasteiger partial charge in [0.1, 0.15) is 5.76 Å². The number of anilines is 1. The number of nitrogens with zero attached hydrogens (tertiary/aromatic N) is 2. The van der Waals surface area contributed by atoms with Gasteiger partial charge < -0.3 is 9.40 Å². The number of nitro groups is 1. The number of amides is 2. The van der Waals surface area contributed by atoms with Gasteiger partial charge in [0.15, 0.2) is 0 Å². The lowest BCUT2D eigenvalue weighted by Gasteiger charge is -2.42. The molecule has 2 amide bonds. The van der Waals surface area contributed by atoms with Crippen LogP contribution in [-0.2, 0) is 9.59 Å². The Hall–Kier alpha value is -3.18. The fraction of sp³-hybridized carbons (Fsp3) is 0.348. The van der Waals surface area contributed by atoms with Crippen LogP contribution < -0.4 is 9.77 Å². The lowest BCUT2D eigenvalue weighted by atomic mass is 9.69. The summed E-state index contributed by atoms with van der Waals surface area (Å²) in [7, 11) is 0. The quantitative estimate of drug-likeness (QED) is 0.334. The Morgan fingerprint density at radius 2 is 1.79 bits per heavy atom. The third kappa shape index (κ3) is 2.53. The topological polar surface area (TPSA) is 127 Å². The molecule has 2 bridgehead atoms. The molecule has 0 radical (unpaired) electrons. The molecule has 4 heterocycles. The molecule has 2 aliphatic carbocycles. The minimum atomic E-state index is -0.508. The Bertz CT molecular complexity index is 1410. The largest absolute Gasteiger partial charge is 0.469 e. The molecule has 34 heavy (non-hydrogen) atoms. The molecule has 11 heteroatoms. The van der Waals surface area contributed by atoms with Crippen LogP contribution in [0.4, 0.5) is 11.4 Å². The van der Waals surface area contributed by atoms with E-state index in [0.717, 1.165) is 22.1 Å². The number of hydrogen-bond donors (Lipinski definition) is 1. The summed E-state index contributed by atoms with van der Waals surface area (Å²) in [5.41, 5.74) is 0.281. The van der Waals surface area contributed by atoms with E-state index in [-0.39, 0.29) is 51.3 Å². The molecule has 6 unspecified atom stereocenters. The van der Waals surface area contributed by atoms with Gasteiger partial charge in [-0.3, -0.25) is 29.4 Å². The van der Waals surface area contributed by atoms with Gasteiger partial charge in [0, 0.05) is 17.4 Å². The Kier molecular flexibility index (Phi) is 4.12. The Labute approximate surface area is 200 Å². The fourth-order valence-corrected chi connectivity index (χ4v) is 9.65. The number of non-ortho nitro benzene ring substituents is 1. The summed E-state index contributed by atoms with van der Waals surface area (Å²) in [5, 5.41) is 11.9. The van der Waals surface area contributed by atoms with Crippen molar-refractivity contribution in [3.05, 3.63) is 73.1 Å². The maximum Gasteiger partial charge on any atom is 0.305 e. The number of nitro benzene ring substituents is 1. The van der Waals surface area contributed by atoms with Crippen LogP contribution in [0.25, 0.3) is 0 Å². The van der Waals surface area contributed by atoms with Crippen molar-refractivity contribution >= 4 is 46.3 Å². The van der Waals surface area contributed by atoms with E-state index in [1.54, 1.807) is 18.0 Å². The van der Waals surface area contributed by atoms with E-state index in [2.05, 4.69) is 4.98 Å². The third-order valence-corrected chi connectivity index (χ3v) is 10.5. The van der Waals surface area contributed by atoms with E-state index in [4.69, 9.17) is 4.42 Å². The van der Waals surface area contributed by atoms with E-state index in [1.165, 1.54) is 40.5 Å². The fourth-order valence-electron chi connectivity index (χ4n) is 6.78. The van der Waals surface area contributed by atoms with Gasteiger partial charge in [0.05, 0.1) is 44.5 Å². The number of thiazole rings is 1. The zero-order valence-corrected chi connectivity index (χ0v) is 19.1. The number of carbonyl (C=O) groups excluding carboxylic acids is 2. The number of benzene rings is 1. The van der Waals surface area contributed by atoms with Crippen molar-refractivity contribution in [2.24, 2.45) is 29.6 Å². The second kappa shape index (κ2) is 6.92. The molecule has 2 aliphatic heterocycles. The lowest BCUT2D eigenvalue weighted by Crippen LogP contribution is -2.42. The summed E-state index contributed by atoms with van der Waals surface area (Å²) < 4.78 is 5.80. The van der Waals surface area contributed by atoms with E-state index in [1.807, 2.05) is 12.1 Å². The highest BCUT2D eigenvalue weighted by Crippen LogP contribution is 2.68. The van der Waals surface area contributed by atoms with Gasteiger partial charge >= 0.3 is 4.87 Å². The molecular formula is C23H17N3O6S2. The number of fused-ring (bicyclic) bond motifs is 9. The van der Waals surface area contributed by atoms with Crippen LogP contribution >= 0.6 is 23.1 Å². The van der Waals surface area contributed by atoms with Crippen LogP contribution in [0.5, 0.6) is 0 Å². The second-order valence-electron chi connectivity index (χ2n) is 9.26. The van der Waals surface area contributed by atoms with Gasteiger partial charge in [0.2, 0.25) is 11.8 Å². The number of furan rings is 1. The van der Waals surface area contributed by atoms with Crippen molar-refractivity contribution in [1.29, 1.82) is 0 Å². The number of H-pyrrole nitrogens is 1. The number of thioether (sulfide) groups is 1. The van der Waals surface area contributed by atoms with Crippen LogP contribution in [0.2, 0.25) is 0 Å².